The van der Waals surface area contributed by atoms with Gasteiger partial charge in [-0.2, -0.15) is 10.2 Å². The third kappa shape index (κ3) is 3.33. The number of fused-ring (bicyclic) bond motifs is 1. The Bertz CT molecular complexity index is 891. The maximum Gasteiger partial charge on any atom is 0.261 e. The molecule has 2 N–H and O–H groups in total. The van der Waals surface area contributed by atoms with Crippen molar-refractivity contribution in [3.63, 3.8) is 0 Å². The summed E-state index contributed by atoms with van der Waals surface area (Å²) in [5, 5.41) is 14.6. The van der Waals surface area contributed by atoms with Crippen molar-refractivity contribution in [2.24, 2.45) is 7.05 Å². The topological polar surface area (TPSA) is 89.1 Å². The number of aromatic nitrogens is 5. The number of anilines is 2. The van der Waals surface area contributed by atoms with E-state index >= 15 is 0 Å². The van der Waals surface area contributed by atoms with Crippen LogP contribution >= 0.6 is 0 Å². The molecule has 25 heavy (non-hydrogen) atoms. The summed E-state index contributed by atoms with van der Waals surface area (Å²) in [6.45, 7) is 0. The molecule has 3 aromatic rings. The van der Waals surface area contributed by atoms with Crippen molar-refractivity contribution in [2.45, 2.75) is 38.1 Å². The third-order valence-corrected chi connectivity index (χ3v) is 4.53. The van der Waals surface area contributed by atoms with E-state index in [1.165, 1.54) is 32.1 Å². The lowest BCUT2D eigenvalue weighted by atomic mass is 9.95. The van der Waals surface area contributed by atoms with Gasteiger partial charge < -0.3 is 10.6 Å². The molecule has 1 saturated carbocycles. The van der Waals surface area contributed by atoms with Crippen LogP contribution in [0.1, 0.15) is 42.5 Å². The molecule has 0 radical (unpaired) electrons. The predicted octanol–water partition coefficient (Wildman–Crippen LogP) is 2.46. The number of amides is 1. The van der Waals surface area contributed by atoms with E-state index in [0.29, 0.717) is 22.9 Å². The summed E-state index contributed by atoms with van der Waals surface area (Å²) < 4.78 is 3.25. The van der Waals surface area contributed by atoms with Crippen LogP contribution in [0, 0.1) is 0 Å². The number of hydrogen-bond acceptors (Lipinski definition) is 5. The van der Waals surface area contributed by atoms with Crippen LogP contribution in [0.25, 0.3) is 5.65 Å². The number of carbonyl (C=O) groups is 1. The van der Waals surface area contributed by atoms with Crippen LogP contribution in [0.3, 0.4) is 0 Å². The van der Waals surface area contributed by atoms with Gasteiger partial charge in [-0.25, -0.2) is 9.50 Å². The highest BCUT2D eigenvalue weighted by Crippen LogP contribution is 2.21. The number of nitrogens with one attached hydrogen (secondary N) is 2. The summed E-state index contributed by atoms with van der Waals surface area (Å²) >= 11 is 0. The van der Waals surface area contributed by atoms with Gasteiger partial charge in [-0.05, 0) is 18.9 Å². The van der Waals surface area contributed by atoms with Crippen LogP contribution in [-0.2, 0) is 7.05 Å². The zero-order valence-corrected chi connectivity index (χ0v) is 14.1. The molecular weight excluding hydrogens is 318 g/mol. The van der Waals surface area contributed by atoms with Crippen molar-refractivity contribution in [2.75, 3.05) is 10.6 Å². The molecule has 1 amide bonds. The molecule has 1 aliphatic rings. The Labute approximate surface area is 145 Å². The first kappa shape index (κ1) is 15.6. The Morgan fingerprint density at radius 2 is 2.04 bits per heavy atom. The van der Waals surface area contributed by atoms with E-state index in [1.807, 2.05) is 12.3 Å². The maximum atomic E-state index is 12.5. The third-order valence-electron chi connectivity index (χ3n) is 4.53. The fourth-order valence-electron chi connectivity index (χ4n) is 3.25. The average Bonchev–Trinajstić information content (AvgIpc) is 3.21. The Kier molecular flexibility index (Phi) is 4.09. The first-order valence-corrected chi connectivity index (χ1v) is 8.60. The van der Waals surface area contributed by atoms with Gasteiger partial charge in [0.1, 0.15) is 11.4 Å². The molecule has 0 aliphatic heterocycles. The van der Waals surface area contributed by atoms with E-state index in [-0.39, 0.29) is 5.91 Å². The lowest BCUT2D eigenvalue weighted by Gasteiger charge is -2.23. The van der Waals surface area contributed by atoms with Crippen LogP contribution in [0.15, 0.2) is 30.9 Å². The van der Waals surface area contributed by atoms with Crippen molar-refractivity contribution < 1.29 is 4.79 Å². The van der Waals surface area contributed by atoms with Gasteiger partial charge >= 0.3 is 0 Å². The summed E-state index contributed by atoms with van der Waals surface area (Å²) in [5.41, 5.74) is 1.63. The summed E-state index contributed by atoms with van der Waals surface area (Å²) in [4.78, 5) is 17.1. The molecule has 1 aliphatic carbocycles. The molecule has 0 unspecified atom stereocenters. The first-order chi connectivity index (χ1) is 12.2. The van der Waals surface area contributed by atoms with Gasteiger partial charge in [0.15, 0.2) is 5.65 Å². The largest absolute Gasteiger partial charge is 0.367 e. The van der Waals surface area contributed by atoms with Crippen LogP contribution in [0.4, 0.5) is 11.5 Å². The summed E-state index contributed by atoms with van der Waals surface area (Å²) in [5.74, 6) is 0.542. The smallest absolute Gasteiger partial charge is 0.261 e. The minimum absolute atomic E-state index is 0.245. The van der Waals surface area contributed by atoms with Crippen molar-refractivity contribution >= 4 is 23.1 Å². The molecule has 1 fully saturated rings. The minimum Gasteiger partial charge on any atom is -0.367 e. The fourth-order valence-corrected chi connectivity index (χ4v) is 3.25. The highest BCUT2D eigenvalue weighted by Gasteiger charge is 2.17. The lowest BCUT2D eigenvalue weighted by molar-refractivity contribution is 0.102. The highest BCUT2D eigenvalue weighted by molar-refractivity contribution is 6.08. The van der Waals surface area contributed by atoms with E-state index < -0.39 is 0 Å². The van der Waals surface area contributed by atoms with E-state index in [0.717, 1.165) is 5.82 Å². The molecule has 8 heteroatoms. The summed E-state index contributed by atoms with van der Waals surface area (Å²) in [7, 11) is 1.80. The van der Waals surface area contributed by atoms with Crippen LogP contribution < -0.4 is 10.6 Å². The lowest BCUT2D eigenvalue weighted by Crippen LogP contribution is -2.23. The Morgan fingerprint density at radius 3 is 2.80 bits per heavy atom. The first-order valence-electron chi connectivity index (χ1n) is 8.60. The molecule has 0 spiro atoms. The second-order valence-electron chi connectivity index (χ2n) is 6.48. The SMILES string of the molecule is Cn1cc(NC(=O)c2cnn3ccc(NC4CCCCC4)nc23)cn1. The standard InChI is InChI=1S/C17H21N7O/c1-23-11-13(9-18-23)21-17(25)14-10-19-24-8-7-15(22-16(14)24)20-12-5-3-2-4-6-12/h7-12H,2-6H2,1H3,(H,20,22)(H,21,25). The monoisotopic (exact) mass is 339 g/mol. The molecule has 0 bridgehead atoms. The molecule has 0 aromatic carbocycles. The minimum atomic E-state index is -0.245. The number of rotatable bonds is 4. The zero-order chi connectivity index (χ0) is 17.2. The average molecular weight is 339 g/mol. The molecule has 130 valence electrons. The van der Waals surface area contributed by atoms with Crippen molar-refractivity contribution in [1.29, 1.82) is 0 Å². The fraction of sp³-hybridized carbons (Fsp3) is 0.412. The maximum absolute atomic E-state index is 12.5. The van der Waals surface area contributed by atoms with Crippen LogP contribution in [0.5, 0.6) is 0 Å². The Morgan fingerprint density at radius 1 is 1.20 bits per heavy atom. The van der Waals surface area contributed by atoms with Crippen molar-refractivity contribution in [3.05, 3.63) is 36.4 Å². The molecular formula is C17H21N7O. The molecule has 0 atom stereocenters. The predicted molar refractivity (Wildman–Crippen MR) is 94.6 cm³/mol. The normalized spacial score (nSPS) is 15.4. The molecule has 4 rings (SSSR count). The zero-order valence-electron chi connectivity index (χ0n) is 14.1. The number of carbonyl (C=O) groups excluding carboxylic acids is 1. The van der Waals surface area contributed by atoms with Gasteiger partial charge in [0.25, 0.3) is 5.91 Å². The molecule has 3 aromatic heterocycles. The van der Waals surface area contributed by atoms with Crippen molar-refractivity contribution in [3.8, 4) is 0 Å². The Hall–Kier alpha value is -2.90. The van der Waals surface area contributed by atoms with Gasteiger partial charge in [-0.1, -0.05) is 19.3 Å². The van der Waals surface area contributed by atoms with Gasteiger partial charge in [-0.15, -0.1) is 0 Å². The van der Waals surface area contributed by atoms with E-state index in [9.17, 15) is 4.79 Å². The Balaban J connectivity index is 1.56. The molecule has 3 heterocycles. The number of hydrogen-bond donors (Lipinski definition) is 2. The second kappa shape index (κ2) is 6.54. The van der Waals surface area contributed by atoms with Crippen LogP contribution in [-0.4, -0.2) is 36.3 Å². The van der Waals surface area contributed by atoms with Crippen LogP contribution in [0.2, 0.25) is 0 Å². The second-order valence-corrected chi connectivity index (χ2v) is 6.48. The van der Waals surface area contributed by atoms with E-state index in [2.05, 4.69) is 25.8 Å². The quantitative estimate of drug-likeness (QED) is 0.762. The van der Waals surface area contributed by atoms with Gasteiger partial charge in [0.05, 0.1) is 18.1 Å². The van der Waals surface area contributed by atoms with Gasteiger partial charge in [0, 0.05) is 25.5 Å². The van der Waals surface area contributed by atoms with E-state index in [4.69, 9.17) is 0 Å². The number of aryl methyl sites for hydroxylation is 1. The summed E-state index contributed by atoms with van der Waals surface area (Å²) in [6, 6.07) is 2.36. The number of nitrogens with zero attached hydrogens (tertiary/aromatic N) is 5. The van der Waals surface area contributed by atoms with Gasteiger partial charge in [0.2, 0.25) is 0 Å². The summed E-state index contributed by atoms with van der Waals surface area (Å²) in [6.07, 6.45) is 12.9. The van der Waals surface area contributed by atoms with E-state index in [1.54, 1.807) is 34.8 Å². The highest BCUT2D eigenvalue weighted by atomic mass is 16.1. The van der Waals surface area contributed by atoms with Crippen molar-refractivity contribution in [1.82, 2.24) is 24.4 Å². The molecule has 8 nitrogen and oxygen atoms in total. The van der Waals surface area contributed by atoms with Gasteiger partial charge in [-0.3, -0.25) is 9.48 Å². The molecule has 0 saturated heterocycles.